The Bertz CT molecular complexity index is 398. The van der Waals surface area contributed by atoms with Gasteiger partial charge in [0.2, 0.25) is 0 Å². The fourth-order valence-electron chi connectivity index (χ4n) is 4.44. The second-order valence-electron chi connectivity index (χ2n) is 9.05. The van der Waals surface area contributed by atoms with Crippen LogP contribution in [-0.2, 0) is 4.43 Å². The Kier molecular flexibility index (Phi) is 18.4. The molecule has 0 amide bonds. The third kappa shape index (κ3) is 12.2. The van der Waals surface area contributed by atoms with Gasteiger partial charge in [0, 0.05) is 0 Å². The van der Waals surface area contributed by atoms with E-state index in [1.54, 1.807) is 13.3 Å². The molecule has 1 atom stereocenters. The average Bonchev–Trinajstić information content (AvgIpc) is 2.76. The first-order valence-corrected chi connectivity index (χ1v) is 23.3. The summed E-state index contributed by atoms with van der Waals surface area (Å²) < 4.78 is 14.4. The second kappa shape index (κ2) is 18.1. The van der Waals surface area contributed by atoms with Crippen molar-refractivity contribution in [3.8, 4) is 0 Å². The topological polar surface area (TPSA) is 9.23 Å². The van der Waals surface area contributed by atoms with Crippen LogP contribution in [0.3, 0.4) is 0 Å². The molecule has 0 aliphatic heterocycles. The van der Waals surface area contributed by atoms with Crippen molar-refractivity contribution < 1.29 is 4.43 Å². The van der Waals surface area contributed by atoms with Gasteiger partial charge < -0.3 is 0 Å². The van der Waals surface area contributed by atoms with Gasteiger partial charge in [-0.25, -0.2) is 0 Å². The van der Waals surface area contributed by atoms with Crippen LogP contribution in [0.4, 0.5) is 0 Å². The Morgan fingerprint density at radius 1 is 0.724 bits per heavy atom. The monoisotopic (exact) mass is 530 g/mol. The van der Waals surface area contributed by atoms with Gasteiger partial charge in [0.25, 0.3) is 0 Å². The van der Waals surface area contributed by atoms with E-state index >= 15 is 0 Å². The summed E-state index contributed by atoms with van der Waals surface area (Å²) in [4.78, 5) is 0. The van der Waals surface area contributed by atoms with Crippen LogP contribution in [0.5, 0.6) is 0 Å². The summed E-state index contributed by atoms with van der Waals surface area (Å²) in [7, 11) is -1.56. The molecular formula is C26H54OSiSn. The molecule has 0 aliphatic rings. The minimum atomic E-state index is -2.16. The van der Waals surface area contributed by atoms with E-state index in [4.69, 9.17) is 4.43 Å². The van der Waals surface area contributed by atoms with E-state index in [0.29, 0.717) is 6.10 Å². The second-order valence-corrected chi connectivity index (χ2v) is 26.8. The zero-order valence-corrected chi connectivity index (χ0v) is 25.0. The molecule has 0 aromatic heterocycles. The Morgan fingerprint density at radius 2 is 1.21 bits per heavy atom. The molecule has 3 heteroatoms. The Labute approximate surface area is 190 Å². The van der Waals surface area contributed by atoms with Crippen molar-refractivity contribution in [2.45, 2.75) is 137 Å². The van der Waals surface area contributed by atoms with Gasteiger partial charge in [-0.3, -0.25) is 0 Å². The van der Waals surface area contributed by atoms with Crippen LogP contribution in [0.1, 0.15) is 99.8 Å². The van der Waals surface area contributed by atoms with Crippen LogP contribution in [0.15, 0.2) is 22.3 Å². The van der Waals surface area contributed by atoms with Crippen molar-refractivity contribution in [1.29, 1.82) is 0 Å². The van der Waals surface area contributed by atoms with Gasteiger partial charge in [0.05, 0.1) is 0 Å². The SMILES string of the molecule is CC/C=C/C(C/C=[CH]/[Sn]([CH2]CCC)([CH2]CCC)[CH2]CCC)O[Si](CC)(CC)CC. The summed E-state index contributed by atoms with van der Waals surface area (Å²) in [6, 6.07) is 3.73. The van der Waals surface area contributed by atoms with Crippen LogP contribution in [0.2, 0.25) is 31.4 Å². The number of hydrogen-bond donors (Lipinski definition) is 0. The molecule has 0 rings (SSSR count). The van der Waals surface area contributed by atoms with Gasteiger partial charge in [-0.2, -0.15) is 0 Å². The minimum absolute atomic E-state index is 0.297. The van der Waals surface area contributed by atoms with Gasteiger partial charge in [-0.15, -0.1) is 0 Å². The zero-order chi connectivity index (χ0) is 22.0. The van der Waals surface area contributed by atoms with Crippen molar-refractivity contribution in [2.24, 2.45) is 0 Å². The molecule has 0 N–H and O–H groups in total. The fourth-order valence-corrected chi connectivity index (χ4v) is 21.7. The third-order valence-electron chi connectivity index (χ3n) is 6.85. The first kappa shape index (κ1) is 29.5. The molecule has 0 fully saturated rings. The van der Waals surface area contributed by atoms with Gasteiger partial charge in [-0.05, 0) is 0 Å². The molecule has 0 aromatic rings. The summed E-state index contributed by atoms with van der Waals surface area (Å²) >= 11 is -2.16. The predicted octanol–water partition coefficient (Wildman–Crippen LogP) is 9.68. The molecule has 0 saturated heterocycles. The molecular weight excluding hydrogens is 475 g/mol. The summed E-state index contributed by atoms with van der Waals surface area (Å²) in [6.45, 7) is 16.4. The van der Waals surface area contributed by atoms with Crippen molar-refractivity contribution in [3.63, 3.8) is 0 Å². The van der Waals surface area contributed by atoms with Crippen LogP contribution in [-0.4, -0.2) is 32.8 Å². The molecule has 1 unspecified atom stereocenters. The number of hydrogen-bond acceptors (Lipinski definition) is 1. The van der Waals surface area contributed by atoms with Crippen LogP contribution in [0.25, 0.3) is 0 Å². The molecule has 0 bridgehead atoms. The van der Waals surface area contributed by atoms with Crippen molar-refractivity contribution in [3.05, 3.63) is 22.3 Å². The van der Waals surface area contributed by atoms with E-state index < -0.39 is 26.7 Å². The van der Waals surface area contributed by atoms with E-state index in [9.17, 15) is 0 Å². The summed E-state index contributed by atoms with van der Waals surface area (Å²) in [6.07, 6.45) is 18.2. The molecule has 1 nitrogen and oxygen atoms in total. The molecule has 172 valence electrons. The van der Waals surface area contributed by atoms with Gasteiger partial charge >= 0.3 is 191 Å². The number of allylic oxidation sites excluding steroid dienone is 1. The molecule has 29 heavy (non-hydrogen) atoms. The number of rotatable bonds is 19. The van der Waals surface area contributed by atoms with Gasteiger partial charge in [0.1, 0.15) is 0 Å². The Morgan fingerprint density at radius 3 is 1.59 bits per heavy atom. The normalized spacial score (nSPS) is 14.3. The molecule has 0 spiro atoms. The first-order valence-electron chi connectivity index (χ1n) is 13.0. The van der Waals surface area contributed by atoms with E-state index in [0.717, 1.165) is 12.8 Å². The maximum atomic E-state index is 6.87. The first-order chi connectivity index (χ1) is 14.0. The quantitative estimate of drug-likeness (QED) is 0.120. The fraction of sp³-hybridized carbons (Fsp3) is 0.846. The van der Waals surface area contributed by atoms with E-state index in [1.807, 2.05) is 0 Å². The van der Waals surface area contributed by atoms with Gasteiger partial charge in [-0.1, -0.05) is 0 Å². The standard InChI is InChI=1S/C14H27OSi.3C4H9.Sn/c1-6-11-13-14(12-7-2)15-16(8-3,9-4)10-5;3*1-3-4-2;/h2,7,11,13-14H,6,8-10,12H2,1,3-5H3;3*1,3-4H2,2H3;/b7-2?,13-11+;;;;. The predicted molar refractivity (Wildman–Crippen MR) is 140 cm³/mol. The van der Waals surface area contributed by atoms with Crippen molar-refractivity contribution in [1.82, 2.24) is 0 Å². The Balaban J connectivity index is 5.41. The van der Waals surface area contributed by atoms with Crippen LogP contribution in [0, 0.1) is 0 Å². The van der Waals surface area contributed by atoms with Crippen LogP contribution < -0.4 is 0 Å². The molecule has 0 radical (unpaired) electrons. The summed E-state index contributed by atoms with van der Waals surface area (Å²) in [5.74, 6) is 0. The molecule has 0 aromatic carbocycles. The average molecular weight is 530 g/mol. The van der Waals surface area contributed by atoms with Crippen molar-refractivity contribution in [2.75, 3.05) is 0 Å². The van der Waals surface area contributed by atoms with E-state index in [-0.39, 0.29) is 0 Å². The van der Waals surface area contributed by atoms with Crippen molar-refractivity contribution >= 4 is 26.7 Å². The molecule has 0 saturated carbocycles. The zero-order valence-electron chi connectivity index (χ0n) is 21.2. The summed E-state index contributed by atoms with van der Waals surface area (Å²) in [5.41, 5.74) is 0. The maximum absolute atomic E-state index is 6.87. The molecule has 0 aliphatic carbocycles. The summed E-state index contributed by atoms with van der Waals surface area (Å²) in [5, 5.41) is 0. The Hall–Kier alpha value is 0.456. The molecule has 0 heterocycles. The van der Waals surface area contributed by atoms with Crippen LogP contribution >= 0.6 is 0 Å². The van der Waals surface area contributed by atoms with Gasteiger partial charge in [0.15, 0.2) is 0 Å². The van der Waals surface area contributed by atoms with E-state index in [1.165, 1.54) is 56.7 Å². The number of unbranched alkanes of at least 4 members (excludes halogenated alkanes) is 3. The van der Waals surface area contributed by atoms with E-state index in [2.05, 4.69) is 70.8 Å². The third-order valence-corrected chi connectivity index (χ3v) is 25.8.